The van der Waals surface area contributed by atoms with Crippen LogP contribution in [0.4, 0.5) is 0 Å². The van der Waals surface area contributed by atoms with E-state index in [4.69, 9.17) is 4.74 Å². The SMILES string of the molecule is CN=C(NCCN1CCCCCC1)N1CC2C3CCC(O3)C2C1.I. The molecule has 1 N–H and O–H groups in total. The Labute approximate surface area is 163 Å². The highest BCUT2D eigenvalue weighted by Crippen LogP contribution is 2.47. The first-order valence-corrected chi connectivity index (χ1v) is 9.68. The summed E-state index contributed by atoms with van der Waals surface area (Å²) in [6.45, 7) is 6.98. The van der Waals surface area contributed by atoms with Crippen LogP contribution in [0.3, 0.4) is 0 Å². The Bertz CT molecular complexity index is 421. The summed E-state index contributed by atoms with van der Waals surface area (Å²) in [4.78, 5) is 9.63. The minimum atomic E-state index is 0. The Morgan fingerprint density at radius 3 is 2.25 bits per heavy atom. The van der Waals surface area contributed by atoms with Gasteiger partial charge in [-0.1, -0.05) is 12.8 Å². The van der Waals surface area contributed by atoms with Crippen molar-refractivity contribution >= 4 is 29.9 Å². The first kappa shape index (κ1) is 18.7. The first-order valence-electron chi connectivity index (χ1n) is 9.68. The Balaban J connectivity index is 0.00000169. The van der Waals surface area contributed by atoms with E-state index in [1.165, 1.54) is 51.6 Å². The molecular weight excluding hydrogens is 415 g/mol. The van der Waals surface area contributed by atoms with Crippen molar-refractivity contribution in [2.75, 3.05) is 46.3 Å². The molecule has 4 fully saturated rings. The zero-order valence-corrected chi connectivity index (χ0v) is 17.3. The topological polar surface area (TPSA) is 40.1 Å². The lowest BCUT2D eigenvalue weighted by Crippen LogP contribution is -2.44. The molecule has 0 aliphatic carbocycles. The molecule has 4 aliphatic heterocycles. The molecule has 0 aromatic rings. The number of aliphatic imine (C=N–C) groups is 1. The van der Waals surface area contributed by atoms with Crippen LogP contribution in [0.25, 0.3) is 0 Å². The van der Waals surface area contributed by atoms with Crippen LogP contribution in [0.5, 0.6) is 0 Å². The van der Waals surface area contributed by atoms with Crippen molar-refractivity contribution in [3.63, 3.8) is 0 Å². The van der Waals surface area contributed by atoms with Gasteiger partial charge in [0, 0.05) is 45.1 Å². The minimum Gasteiger partial charge on any atom is -0.374 e. The van der Waals surface area contributed by atoms with Crippen molar-refractivity contribution in [1.29, 1.82) is 0 Å². The van der Waals surface area contributed by atoms with E-state index in [0.29, 0.717) is 12.2 Å². The molecule has 4 aliphatic rings. The van der Waals surface area contributed by atoms with Gasteiger partial charge in [-0.15, -0.1) is 24.0 Å². The molecule has 2 bridgehead atoms. The standard InChI is InChI=1S/C18H32N4O.HI/c1-19-18(20-8-11-21-9-4-2-3-5-10-21)22-12-14-15(13-22)17-7-6-16(14)23-17;/h14-17H,2-13H2,1H3,(H,19,20);1H. The van der Waals surface area contributed by atoms with Gasteiger partial charge < -0.3 is 19.9 Å². The van der Waals surface area contributed by atoms with E-state index in [1.807, 2.05) is 7.05 Å². The van der Waals surface area contributed by atoms with Crippen LogP contribution < -0.4 is 5.32 Å². The summed E-state index contributed by atoms with van der Waals surface area (Å²) in [5, 5.41) is 3.61. The smallest absolute Gasteiger partial charge is 0.193 e. The van der Waals surface area contributed by atoms with E-state index in [9.17, 15) is 0 Å². The molecule has 0 aromatic carbocycles. The molecule has 4 unspecified atom stereocenters. The number of hydrogen-bond acceptors (Lipinski definition) is 3. The van der Waals surface area contributed by atoms with Crippen LogP contribution in [-0.2, 0) is 4.74 Å². The van der Waals surface area contributed by atoms with Gasteiger partial charge in [0.2, 0.25) is 0 Å². The fourth-order valence-electron chi connectivity index (χ4n) is 5.15. The molecule has 0 saturated carbocycles. The summed E-state index contributed by atoms with van der Waals surface area (Å²) in [7, 11) is 1.92. The predicted octanol–water partition coefficient (Wildman–Crippen LogP) is 2.17. The summed E-state index contributed by atoms with van der Waals surface area (Å²) < 4.78 is 6.08. The Morgan fingerprint density at radius 1 is 1.04 bits per heavy atom. The fourth-order valence-corrected chi connectivity index (χ4v) is 5.15. The molecule has 24 heavy (non-hydrogen) atoms. The molecule has 138 valence electrons. The Kier molecular flexibility index (Phi) is 6.65. The molecule has 0 radical (unpaired) electrons. The van der Waals surface area contributed by atoms with E-state index in [-0.39, 0.29) is 24.0 Å². The van der Waals surface area contributed by atoms with Gasteiger partial charge >= 0.3 is 0 Å². The van der Waals surface area contributed by atoms with Crippen molar-refractivity contribution in [1.82, 2.24) is 15.1 Å². The van der Waals surface area contributed by atoms with Crippen LogP contribution in [0.15, 0.2) is 4.99 Å². The summed E-state index contributed by atoms with van der Waals surface area (Å²) in [5.41, 5.74) is 0. The molecule has 4 heterocycles. The second-order valence-corrected chi connectivity index (χ2v) is 7.75. The van der Waals surface area contributed by atoms with Gasteiger partial charge in [0.1, 0.15) is 0 Å². The van der Waals surface area contributed by atoms with Gasteiger partial charge in [-0.3, -0.25) is 4.99 Å². The van der Waals surface area contributed by atoms with Gasteiger partial charge in [0.25, 0.3) is 0 Å². The average molecular weight is 448 g/mol. The Hall–Kier alpha value is -0.0800. The summed E-state index contributed by atoms with van der Waals surface area (Å²) >= 11 is 0. The predicted molar refractivity (Wildman–Crippen MR) is 108 cm³/mol. The van der Waals surface area contributed by atoms with E-state index in [1.54, 1.807) is 0 Å². The lowest BCUT2D eigenvalue weighted by Gasteiger charge is -2.25. The van der Waals surface area contributed by atoms with Crippen molar-refractivity contribution in [2.24, 2.45) is 16.8 Å². The third-order valence-corrected chi connectivity index (χ3v) is 6.37. The first-order chi connectivity index (χ1) is 11.3. The maximum Gasteiger partial charge on any atom is 0.193 e. The summed E-state index contributed by atoms with van der Waals surface area (Å²) in [6.07, 6.45) is 9.18. The molecular formula is C18H33IN4O. The number of fused-ring (bicyclic) bond motifs is 5. The molecule has 4 atom stereocenters. The lowest BCUT2D eigenvalue weighted by molar-refractivity contribution is 0.0767. The second kappa shape index (κ2) is 8.54. The van der Waals surface area contributed by atoms with E-state index in [0.717, 1.165) is 44.0 Å². The van der Waals surface area contributed by atoms with Crippen molar-refractivity contribution in [3.8, 4) is 0 Å². The average Bonchev–Trinajstić information content (AvgIpc) is 3.21. The molecule has 4 saturated heterocycles. The monoisotopic (exact) mass is 448 g/mol. The van der Waals surface area contributed by atoms with Crippen LogP contribution in [0.1, 0.15) is 38.5 Å². The number of halogens is 1. The van der Waals surface area contributed by atoms with Crippen LogP contribution in [-0.4, -0.2) is 74.3 Å². The van der Waals surface area contributed by atoms with Gasteiger partial charge in [-0.25, -0.2) is 0 Å². The van der Waals surface area contributed by atoms with Crippen LogP contribution in [0, 0.1) is 11.8 Å². The van der Waals surface area contributed by atoms with Crippen molar-refractivity contribution in [2.45, 2.75) is 50.7 Å². The number of guanidine groups is 1. The third kappa shape index (κ3) is 3.85. The van der Waals surface area contributed by atoms with E-state index < -0.39 is 0 Å². The molecule has 4 rings (SSSR count). The number of nitrogens with zero attached hydrogens (tertiary/aromatic N) is 3. The number of likely N-dealkylation sites (tertiary alicyclic amines) is 2. The number of ether oxygens (including phenoxy) is 1. The molecule has 0 aromatic heterocycles. The fraction of sp³-hybridized carbons (Fsp3) is 0.944. The van der Waals surface area contributed by atoms with Crippen LogP contribution >= 0.6 is 24.0 Å². The third-order valence-electron chi connectivity index (χ3n) is 6.37. The zero-order chi connectivity index (χ0) is 15.6. The largest absolute Gasteiger partial charge is 0.374 e. The Morgan fingerprint density at radius 2 is 1.67 bits per heavy atom. The maximum absolute atomic E-state index is 6.08. The van der Waals surface area contributed by atoms with Crippen molar-refractivity contribution < 1.29 is 4.74 Å². The molecule has 6 heteroatoms. The minimum absolute atomic E-state index is 0. The quantitative estimate of drug-likeness (QED) is 0.408. The van der Waals surface area contributed by atoms with Crippen molar-refractivity contribution in [3.05, 3.63) is 0 Å². The van der Waals surface area contributed by atoms with E-state index in [2.05, 4.69) is 20.1 Å². The zero-order valence-electron chi connectivity index (χ0n) is 15.0. The lowest BCUT2D eigenvalue weighted by atomic mass is 9.82. The van der Waals surface area contributed by atoms with Crippen LogP contribution in [0.2, 0.25) is 0 Å². The highest BCUT2D eigenvalue weighted by Gasteiger charge is 2.53. The second-order valence-electron chi connectivity index (χ2n) is 7.75. The maximum atomic E-state index is 6.08. The highest BCUT2D eigenvalue weighted by atomic mass is 127. The van der Waals surface area contributed by atoms with Gasteiger partial charge in [-0.05, 0) is 38.8 Å². The number of nitrogens with one attached hydrogen (secondary N) is 1. The summed E-state index contributed by atoms with van der Waals surface area (Å²) in [5.74, 6) is 2.60. The van der Waals surface area contributed by atoms with Gasteiger partial charge in [0.05, 0.1) is 12.2 Å². The molecule has 0 spiro atoms. The number of hydrogen-bond donors (Lipinski definition) is 1. The molecule has 5 nitrogen and oxygen atoms in total. The van der Waals surface area contributed by atoms with E-state index >= 15 is 0 Å². The van der Waals surface area contributed by atoms with Gasteiger partial charge in [0.15, 0.2) is 5.96 Å². The number of rotatable bonds is 3. The summed E-state index contributed by atoms with van der Waals surface area (Å²) in [6, 6.07) is 0. The highest BCUT2D eigenvalue weighted by molar-refractivity contribution is 14.0. The normalized spacial score (nSPS) is 36.4. The van der Waals surface area contributed by atoms with Gasteiger partial charge in [-0.2, -0.15) is 0 Å². The molecule has 0 amide bonds.